The fourth-order valence-corrected chi connectivity index (χ4v) is 5.35. The van der Waals surface area contributed by atoms with E-state index in [1.54, 1.807) is 0 Å². The molecule has 3 heterocycles. The molecule has 1 aliphatic carbocycles. The van der Waals surface area contributed by atoms with Crippen molar-refractivity contribution in [3.63, 3.8) is 0 Å². The third kappa shape index (κ3) is 6.17. The van der Waals surface area contributed by atoms with E-state index < -0.39 is 5.97 Å². The van der Waals surface area contributed by atoms with Crippen LogP contribution in [0.3, 0.4) is 0 Å². The van der Waals surface area contributed by atoms with Gasteiger partial charge in [0.2, 0.25) is 0 Å². The van der Waals surface area contributed by atoms with Crippen LogP contribution in [-0.2, 0) is 4.79 Å². The van der Waals surface area contributed by atoms with Crippen LogP contribution in [0.4, 0.5) is 5.69 Å². The highest BCUT2D eigenvalue weighted by atomic mass is 16.4. The van der Waals surface area contributed by atoms with Gasteiger partial charge in [-0.15, -0.1) is 0 Å². The molecule has 3 fully saturated rings. The average Bonchev–Trinajstić information content (AvgIpc) is 2.82. The molecule has 0 bridgehead atoms. The smallest absolute Gasteiger partial charge is 0.306 e. The normalized spacial score (nSPS) is 26.7. The molecule has 0 radical (unpaired) electrons. The van der Waals surface area contributed by atoms with Gasteiger partial charge in [0.15, 0.2) is 0 Å². The molecule has 6 nitrogen and oxygen atoms in total. The lowest BCUT2D eigenvalue weighted by molar-refractivity contribution is -0.143. The van der Waals surface area contributed by atoms with Gasteiger partial charge in [-0.05, 0) is 70.2 Å². The van der Waals surface area contributed by atoms with Crippen molar-refractivity contribution in [2.24, 2.45) is 5.92 Å². The third-order valence-corrected chi connectivity index (χ3v) is 7.04. The van der Waals surface area contributed by atoms with Gasteiger partial charge in [-0.1, -0.05) is 20.3 Å². The van der Waals surface area contributed by atoms with Gasteiger partial charge >= 0.3 is 5.97 Å². The Labute approximate surface area is 182 Å². The summed E-state index contributed by atoms with van der Waals surface area (Å²) >= 11 is 0. The molecule has 30 heavy (non-hydrogen) atoms. The van der Waals surface area contributed by atoms with E-state index in [1.165, 1.54) is 44.2 Å². The Bertz CT molecular complexity index is 625. The number of anilines is 1. The number of carboxylic acids is 1. The second kappa shape index (κ2) is 11.7. The molecule has 1 aromatic heterocycles. The summed E-state index contributed by atoms with van der Waals surface area (Å²) in [6.45, 7) is 8.14. The Morgan fingerprint density at radius 2 is 1.63 bits per heavy atom. The van der Waals surface area contributed by atoms with Crippen LogP contribution in [0.15, 0.2) is 24.5 Å². The average molecular weight is 417 g/mol. The van der Waals surface area contributed by atoms with Crippen molar-refractivity contribution in [3.05, 3.63) is 24.5 Å². The van der Waals surface area contributed by atoms with Gasteiger partial charge in [-0.3, -0.25) is 9.78 Å². The quantitative estimate of drug-likeness (QED) is 0.761. The second-order valence-electron chi connectivity index (χ2n) is 8.80. The van der Waals surface area contributed by atoms with Gasteiger partial charge in [0.05, 0.1) is 5.92 Å². The SMILES string of the molecule is CC.O=C(O)C1CCN([C@H]2CCC[C@@H](NC3CCN(c4ccncc4)CC3)C2)CC1. The van der Waals surface area contributed by atoms with Crippen LogP contribution in [0.5, 0.6) is 0 Å². The van der Waals surface area contributed by atoms with Gasteiger partial charge < -0.3 is 20.2 Å². The lowest BCUT2D eigenvalue weighted by atomic mass is 9.86. The molecule has 1 saturated carbocycles. The summed E-state index contributed by atoms with van der Waals surface area (Å²) in [5.41, 5.74) is 1.29. The number of carboxylic acid groups (broad SMARTS) is 1. The summed E-state index contributed by atoms with van der Waals surface area (Å²) in [5, 5.41) is 13.2. The molecule has 4 rings (SSSR count). The zero-order valence-electron chi connectivity index (χ0n) is 18.8. The maximum Gasteiger partial charge on any atom is 0.306 e. The van der Waals surface area contributed by atoms with Crippen LogP contribution < -0.4 is 10.2 Å². The van der Waals surface area contributed by atoms with Crippen molar-refractivity contribution < 1.29 is 9.90 Å². The standard InChI is InChI=1S/C22H34N4O2.C2H6/c27-22(28)17-6-12-26(13-7-17)21-3-1-2-19(16-21)24-18-8-14-25(15-9-18)20-4-10-23-11-5-20;1-2/h4-5,10-11,17-19,21,24H,1-3,6-9,12-16H2,(H,27,28);1-2H3/t19-,21+;/m1./s1. The minimum atomic E-state index is -0.610. The van der Waals surface area contributed by atoms with Gasteiger partial charge in [-0.2, -0.15) is 0 Å². The van der Waals surface area contributed by atoms with Crippen LogP contribution in [0.25, 0.3) is 0 Å². The summed E-state index contributed by atoms with van der Waals surface area (Å²) in [7, 11) is 0. The van der Waals surface area contributed by atoms with Gasteiger partial charge in [0.25, 0.3) is 0 Å². The second-order valence-corrected chi connectivity index (χ2v) is 8.80. The van der Waals surface area contributed by atoms with Gasteiger partial charge in [-0.25, -0.2) is 0 Å². The zero-order chi connectivity index (χ0) is 21.3. The Hall–Kier alpha value is -1.66. The molecule has 2 saturated heterocycles. The number of pyridine rings is 1. The summed E-state index contributed by atoms with van der Waals surface area (Å²) in [6.07, 6.45) is 12.9. The van der Waals surface area contributed by atoms with Crippen molar-refractivity contribution in [1.82, 2.24) is 15.2 Å². The van der Waals surface area contributed by atoms with Crippen molar-refractivity contribution >= 4 is 11.7 Å². The number of carbonyl (C=O) groups is 1. The van der Waals surface area contributed by atoms with Gasteiger partial charge in [0, 0.05) is 49.3 Å². The molecule has 2 atom stereocenters. The number of likely N-dealkylation sites (tertiary alicyclic amines) is 1. The number of aliphatic carboxylic acids is 1. The van der Waals surface area contributed by atoms with Crippen LogP contribution in [0.1, 0.15) is 65.2 Å². The Balaban J connectivity index is 0.00000124. The van der Waals surface area contributed by atoms with Crippen LogP contribution in [-0.4, -0.2) is 65.3 Å². The molecular weight excluding hydrogens is 376 g/mol. The molecule has 0 aromatic carbocycles. The van der Waals surface area contributed by atoms with E-state index in [9.17, 15) is 9.90 Å². The summed E-state index contributed by atoms with van der Waals surface area (Å²) in [6, 6.07) is 6.09. The van der Waals surface area contributed by atoms with E-state index >= 15 is 0 Å². The number of nitrogens with zero attached hydrogens (tertiary/aromatic N) is 3. The number of hydrogen-bond donors (Lipinski definition) is 2. The highest BCUT2D eigenvalue weighted by Crippen LogP contribution is 2.28. The van der Waals surface area contributed by atoms with E-state index in [1.807, 2.05) is 26.2 Å². The third-order valence-electron chi connectivity index (χ3n) is 7.04. The fourth-order valence-electron chi connectivity index (χ4n) is 5.35. The maximum atomic E-state index is 11.2. The Morgan fingerprint density at radius 3 is 2.27 bits per heavy atom. The fraction of sp³-hybridized carbons (Fsp3) is 0.750. The predicted molar refractivity (Wildman–Crippen MR) is 122 cm³/mol. The molecule has 3 aliphatic rings. The van der Waals surface area contributed by atoms with E-state index in [0.29, 0.717) is 18.1 Å². The van der Waals surface area contributed by atoms with E-state index in [-0.39, 0.29) is 5.92 Å². The summed E-state index contributed by atoms with van der Waals surface area (Å²) in [4.78, 5) is 20.3. The lowest BCUT2D eigenvalue weighted by Crippen LogP contribution is -2.51. The first kappa shape index (κ1) is 23.0. The highest BCUT2D eigenvalue weighted by Gasteiger charge is 2.32. The van der Waals surface area contributed by atoms with Crippen LogP contribution in [0.2, 0.25) is 0 Å². The number of rotatable bonds is 5. The number of piperidine rings is 2. The van der Waals surface area contributed by atoms with E-state index in [0.717, 1.165) is 39.0 Å². The van der Waals surface area contributed by atoms with E-state index in [2.05, 4.69) is 32.2 Å². The molecule has 6 heteroatoms. The van der Waals surface area contributed by atoms with Crippen molar-refractivity contribution in [2.45, 2.75) is 83.3 Å². The largest absolute Gasteiger partial charge is 0.481 e. The lowest BCUT2D eigenvalue weighted by Gasteiger charge is -2.42. The topological polar surface area (TPSA) is 68.7 Å². The Morgan fingerprint density at radius 1 is 0.967 bits per heavy atom. The van der Waals surface area contributed by atoms with Crippen LogP contribution in [0, 0.1) is 5.92 Å². The molecule has 0 unspecified atom stereocenters. The molecule has 0 amide bonds. The maximum absolute atomic E-state index is 11.2. The number of aromatic nitrogens is 1. The van der Waals surface area contributed by atoms with Crippen LogP contribution >= 0.6 is 0 Å². The first-order chi connectivity index (χ1) is 14.7. The first-order valence-electron chi connectivity index (χ1n) is 12.1. The highest BCUT2D eigenvalue weighted by molar-refractivity contribution is 5.70. The van der Waals surface area contributed by atoms with E-state index in [4.69, 9.17) is 0 Å². The minimum Gasteiger partial charge on any atom is -0.481 e. The molecule has 2 N–H and O–H groups in total. The van der Waals surface area contributed by atoms with Crippen molar-refractivity contribution in [3.8, 4) is 0 Å². The molecule has 1 aromatic rings. The monoisotopic (exact) mass is 416 g/mol. The molecular formula is C24H40N4O2. The summed E-state index contributed by atoms with van der Waals surface area (Å²) in [5.74, 6) is -0.736. The molecule has 2 aliphatic heterocycles. The molecule has 0 spiro atoms. The minimum absolute atomic E-state index is 0.126. The summed E-state index contributed by atoms with van der Waals surface area (Å²) < 4.78 is 0. The molecule has 168 valence electrons. The van der Waals surface area contributed by atoms with Crippen molar-refractivity contribution in [1.29, 1.82) is 0 Å². The number of hydrogen-bond acceptors (Lipinski definition) is 5. The Kier molecular flexibility index (Phi) is 8.94. The number of nitrogens with one attached hydrogen (secondary N) is 1. The first-order valence-corrected chi connectivity index (χ1v) is 12.1. The predicted octanol–water partition coefficient (Wildman–Crippen LogP) is 3.77. The van der Waals surface area contributed by atoms with Gasteiger partial charge in [0.1, 0.15) is 0 Å². The zero-order valence-corrected chi connectivity index (χ0v) is 18.8. The van der Waals surface area contributed by atoms with Crippen molar-refractivity contribution in [2.75, 3.05) is 31.1 Å².